The molecule has 3 aromatic carbocycles. The van der Waals surface area contributed by atoms with Gasteiger partial charge in [-0.25, -0.2) is 4.79 Å². The van der Waals surface area contributed by atoms with Crippen molar-refractivity contribution in [1.82, 2.24) is 15.5 Å². The zero-order chi connectivity index (χ0) is 21.2. The minimum Gasteiger partial charge on any atom is -0.497 e. The van der Waals surface area contributed by atoms with Crippen LogP contribution in [0.15, 0.2) is 87.1 Å². The molecule has 0 aliphatic carbocycles. The minimum atomic E-state index is -0.260. The summed E-state index contributed by atoms with van der Waals surface area (Å²) in [5, 5.41) is 6.90. The molecule has 0 spiro atoms. The monoisotopic (exact) mass is 430 g/mol. The number of fused-ring (bicyclic) bond motifs is 2. The fourth-order valence-corrected chi connectivity index (χ4v) is 4.40. The molecule has 4 aromatic rings. The van der Waals surface area contributed by atoms with Gasteiger partial charge in [-0.3, -0.25) is 4.90 Å². The Morgan fingerprint density at radius 1 is 1.00 bits per heavy atom. The van der Waals surface area contributed by atoms with Gasteiger partial charge in [-0.1, -0.05) is 41.2 Å². The molecule has 1 aromatic heterocycles. The summed E-state index contributed by atoms with van der Waals surface area (Å²) >= 11 is 1.65. The second-order valence-electron chi connectivity index (χ2n) is 6.77. The first-order valence-corrected chi connectivity index (χ1v) is 10.5. The molecule has 2 heterocycles. The molecule has 0 fully saturated rings. The minimum absolute atomic E-state index is 0.121. The number of nitrogens with one attached hydrogen (secondary N) is 1. The lowest BCUT2D eigenvalue weighted by molar-refractivity contribution is 0.246. The van der Waals surface area contributed by atoms with E-state index in [1.807, 2.05) is 72.8 Å². The van der Waals surface area contributed by atoms with E-state index in [-0.39, 0.29) is 12.6 Å². The molecule has 0 atom stereocenters. The predicted octanol–water partition coefficient (Wildman–Crippen LogP) is 5.26. The lowest BCUT2D eigenvalue weighted by Crippen LogP contribution is -2.37. The lowest BCUT2D eigenvalue weighted by atomic mass is 10.2. The van der Waals surface area contributed by atoms with Crippen molar-refractivity contribution >= 4 is 29.2 Å². The van der Waals surface area contributed by atoms with Gasteiger partial charge in [0.15, 0.2) is 0 Å². The molecule has 1 aliphatic heterocycles. The first-order chi connectivity index (χ1) is 15.2. The maximum atomic E-state index is 13.1. The van der Waals surface area contributed by atoms with E-state index in [9.17, 15) is 4.79 Å². The van der Waals surface area contributed by atoms with E-state index >= 15 is 0 Å². The van der Waals surface area contributed by atoms with Crippen LogP contribution in [0.2, 0.25) is 0 Å². The summed E-state index contributed by atoms with van der Waals surface area (Å²) in [7, 11) is 1.61. The van der Waals surface area contributed by atoms with Gasteiger partial charge in [0.25, 0.3) is 0 Å². The summed E-state index contributed by atoms with van der Waals surface area (Å²) in [5.41, 5.74) is 2.49. The number of ether oxygens (including phenoxy) is 1. The van der Waals surface area contributed by atoms with Gasteiger partial charge in [0.1, 0.15) is 5.75 Å². The number of methoxy groups -OCH3 is 1. The fourth-order valence-electron chi connectivity index (χ4n) is 3.34. The number of carbonyl (C=O) groups is 1. The maximum Gasteiger partial charge on any atom is 0.327 e. The number of carbonyl (C=O) groups excluding carboxylic acids is 1. The summed E-state index contributed by atoms with van der Waals surface area (Å²) in [5.74, 6) is 1.53. The van der Waals surface area contributed by atoms with Crippen LogP contribution in [0.3, 0.4) is 0 Å². The number of hydrogen-bond acceptors (Lipinski definition) is 6. The van der Waals surface area contributed by atoms with Gasteiger partial charge in [-0.15, -0.1) is 0 Å². The summed E-state index contributed by atoms with van der Waals surface area (Å²) in [6.07, 6.45) is 0. The lowest BCUT2D eigenvalue weighted by Gasteiger charge is -2.30. The van der Waals surface area contributed by atoms with Gasteiger partial charge in [-0.05, 0) is 48.5 Å². The van der Waals surface area contributed by atoms with E-state index in [1.54, 1.807) is 23.8 Å². The van der Waals surface area contributed by atoms with Crippen molar-refractivity contribution in [2.75, 3.05) is 12.0 Å². The normalized spacial score (nSPS) is 12.1. The highest BCUT2D eigenvalue weighted by atomic mass is 32.2. The predicted molar refractivity (Wildman–Crippen MR) is 118 cm³/mol. The van der Waals surface area contributed by atoms with E-state index in [1.165, 1.54) is 0 Å². The number of urea groups is 1. The van der Waals surface area contributed by atoms with Crippen molar-refractivity contribution in [2.45, 2.75) is 16.3 Å². The molecular formula is C23H18N4O3S. The Bertz CT molecular complexity index is 1190. The van der Waals surface area contributed by atoms with Gasteiger partial charge in [-0.2, -0.15) is 4.98 Å². The average Bonchev–Trinajstić information content (AvgIpc) is 3.30. The summed E-state index contributed by atoms with van der Waals surface area (Å²) in [4.78, 5) is 21.3. The molecule has 154 valence electrons. The van der Waals surface area contributed by atoms with Crippen LogP contribution in [0.1, 0.15) is 5.89 Å². The third-order valence-corrected chi connectivity index (χ3v) is 5.97. The number of para-hydroxylation sites is 2. The highest BCUT2D eigenvalue weighted by Crippen LogP contribution is 2.47. The number of nitrogens with zero attached hydrogens (tertiary/aromatic N) is 3. The van der Waals surface area contributed by atoms with Crippen LogP contribution in [-0.4, -0.2) is 23.3 Å². The smallest absolute Gasteiger partial charge is 0.327 e. The molecule has 31 heavy (non-hydrogen) atoms. The molecule has 0 saturated heterocycles. The van der Waals surface area contributed by atoms with Crippen LogP contribution in [0.25, 0.3) is 11.4 Å². The zero-order valence-electron chi connectivity index (χ0n) is 16.6. The van der Waals surface area contributed by atoms with Crippen LogP contribution in [0.4, 0.5) is 16.2 Å². The van der Waals surface area contributed by atoms with E-state index < -0.39 is 0 Å². The Hall–Kier alpha value is -3.78. The number of aromatic nitrogens is 2. The highest BCUT2D eigenvalue weighted by Gasteiger charge is 2.28. The Kier molecular flexibility index (Phi) is 5.05. The van der Waals surface area contributed by atoms with E-state index in [0.717, 1.165) is 32.5 Å². The Labute approximate surface area is 183 Å². The van der Waals surface area contributed by atoms with E-state index in [4.69, 9.17) is 9.26 Å². The van der Waals surface area contributed by atoms with Crippen molar-refractivity contribution in [1.29, 1.82) is 0 Å². The summed E-state index contributed by atoms with van der Waals surface area (Å²) in [6, 6.07) is 22.8. The topological polar surface area (TPSA) is 80.5 Å². The Morgan fingerprint density at radius 2 is 1.65 bits per heavy atom. The van der Waals surface area contributed by atoms with Crippen LogP contribution < -0.4 is 15.0 Å². The number of hydrogen-bond donors (Lipinski definition) is 1. The quantitative estimate of drug-likeness (QED) is 0.476. The molecule has 1 aliphatic rings. The zero-order valence-corrected chi connectivity index (χ0v) is 17.4. The number of benzene rings is 3. The van der Waals surface area contributed by atoms with Crippen molar-refractivity contribution in [3.8, 4) is 17.1 Å². The van der Waals surface area contributed by atoms with Crippen molar-refractivity contribution in [2.24, 2.45) is 0 Å². The molecule has 0 saturated carbocycles. The van der Waals surface area contributed by atoms with Crippen LogP contribution >= 0.6 is 11.8 Å². The Morgan fingerprint density at radius 3 is 2.29 bits per heavy atom. The Balaban J connectivity index is 1.34. The molecule has 0 unspecified atom stereocenters. The largest absolute Gasteiger partial charge is 0.497 e. The molecule has 0 radical (unpaired) electrons. The molecule has 1 N–H and O–H groups in total. The fraction of sp³-hybridized carbons (Fsp3) is 0.0870. The van der Waals surface area contributed by atoms with Crippen molar-refractivity contribution in [3.05, 3.63) is 78.7 Å². The van der Waals surface area contributed by atoms with Crippen LogP contribution in [0.5, 0.6) is 5.75 Å². The summed E-state index contributed by atoms with van der Waals surface area (Å²) < 4.78 is 10.5. The first kappa shape index (κ1) is 19.2. The van der Waals surface area contributed by atoms with Crippen LogP contribution in [0, 0.1) is 0 Å². The SMILES string of the molecule is COc1ccc(-c2noc(CNC(=O)N3c4ccccc4Sc4ccccc43)n2)cc1. The summed E-state index contributed by atoms with van der Waals surface area (Å²) in [6.45, 7) is 0.121. The number of rotatable bonds is 4. The standard InChI is InChI=1S/C23H18N4O3S/c1-29-16-12-10-15(11-13-16)22-25-21(30-26-22)14-24-23(28)27-17-6-2-4-8-19(17)31-20-9-5-3-7-18(20)27/h2-13H,14H2,1H3,(H,24,28). The van der Waals surface area contributed by atoms with Crippen molar-refractivity contribution < 1.29 is 14.1 Å². The van der Waals surface area contributed by atoms with E-state index in [2.05, 4.69) is 15.5 Å². The second kappa shape index (κ2) is 8.16. The van der Waals surface area contributed by atoms with Gasteiger partial charge in [0.05, 0.1) is 25.0 Å². The maximum absolute atomic E-state index is 13.1. The van der Waals surface area contributed by atoms with Gasteiger partial charge < -0.3 is 14.6 Å². The molecular weight excluding hydrogens is 412 g/mol. The second-order valence-corrected chi connectivity index (χ2v) is 7.86. The van der Waals surface area contributed by atoms with Gasteiger partial charge in [0.2, 0.25) is 11.7 Å². The first-order valence-electron chi connectivity index (χ1n) is 9.64. The number of anilines is 2. The van der Waals surface area contributed by atoms with E-state index in [0.29, 0.717) is 11.7 Å². The number of amides is 2. The molecule has 5 rings (SSSR count). The molecule has 0 bridgehead atoms. The third-order valence-electron chi connectivity index (χ3n) is 4.84. The highest BCUT2D eigenvalue weighted by molar-refractivity contribution is 7.99. The van der Waals surface area contributed by atoms with Crippen LogP contribution in [-0.2, 0) is 6.54 Å². The average molecular weight is 430 g/mol. The molecule has 7 nitrogen and oxygen atoms in total. The van der Waals surface area contributed by atoms with Gasteiger partial charge in [0, 0.05) is 15.4 Å². The third kappa shape index (κ3) is 3.73. The molecule has 2 amide bonds. The van der Waals surface area contributed by atoms with Crippen molar-refractivity contribution in [3.63, 3.8) is 0 Å². The molecule has 8 heteroatoms. The van der Waals surface area contributed by atoms with Gasteiger partial charge >= 0.3 is 6.03 Å².